The number of piperidine rings is 1. The van der Waals surface area contributed by atoms with Crippen molar-refractivity contribution < 1.29 is 9.32 Å². The number of hydrogen-bond donors (Lipinski definition) is 1. The Morgan fingerprint density at radius 2 is 1.86 bits per heavy atom. The van der Waals surface area contributed by atoms with Gasteiger partial charge < -0.3 is 9.84 Å². The number of likely N-dealkylation sites (tertiary alicyclic amines) is 1. The lowest BCUT2D eigenvalue weighted by Crippen LogP contribution is -2.35. The monoisotopic (exact) mass is 391 g/mol. The highest BCUT2D eigenvalue weighted by Gasteiger charge is 2.20. The Bertz CT molecular complexity index is 905. The highest BCUT2D eigenvalue weighted by Crippen LogP contribution is 2.21. The van der Waals surface area contributed by atoms with E-state index in [1.165, 1.54) is 5.56 Å². The van der Waals surface area contributed by atoms with Gasteiger partial charge in [0.25, 0.3) is 17.6 Å². The van der Waals surface area contributed by atoms with E-state index >= 15 is 0 Å². The summed E-state index contributed by atoms with van der Waals surface area (Å²) in [5.74, 6) is 0.730. The highest BCUT2D eigenvalue weighted by atomic mass is 16.5. The second kappa shape index (κ2) is 9.43. The molecule has 1 aliphatic heterocycles. The lowest BCUT2D eigenvalue weighted by atomic mass is 9.93. The number of aromatic nitrogens is 3. The van der Waals surface area contributed by atoms with Crippen LogP contribution in [0.1, 0.15) is 35.4 Å². The Morgan fingerprint density at radius 1 is 1.10 bits per heavy atom. The summed E-state index contributed by atoms with van der Waals surface area (Å²) >= 11 is 0. The summed E-state index contributed by atoms with van der Waals surface area (Å²) in [6, 6.07) is 14.1. The van der Waals surface area contributed by atoms with Gasteiger partial charge in [0, 0.05) is 31.0 Å². The Kier molecular flexibility index (Phi) is 6.26. The Morgan fingerprint density at radius 3 is 2.62 bits per heavy atom. The SMILES string of the molecule is O=C(NCCC1CCN(Cc2ccccc2)CC1)c1noc(-c2ccncc2)n1. The van der Waals surface area contributed by atoms with E-state index in [9.17, 15) is 4.79 Å². The third kappa shape index (κ3) is 5.26. The lowest BCUT2D eigenvalue weighted by Gasteiger charge is -2.32. The van der Waals surface area contributed by atoms with E-state index in [-0.39, 0.29) is 11.7 Å². The Balaban J connectivity index is 1.18. The number of amides is 1. The van der Waals surface area contributed by atoms with E-state index in [0.29, 0.717) is 18.4 Å². The number of carbonyl (C=O) groups is 1. The van der Waals surface area contributed by atoms with Crippen LogP contribution in [0.3, 0.4) is 0 Å². The molecule has 1 amide bonds. The number of pyridine rings is 1. The predicted octanol–water partition coefficient (Wildman–Crippen LogP) is 3.16. The third-order valence-electron chi connectivity index (χ3n) is 5.35. The minimum Gasteiger partial charge on any atom is -0.349 e. The van der Waals surface area contributed by atoms with Crippen molar-refractivity contribution in [3.63, 3.8) is 0 Å². The van der Waals surface area contributed by atoms with E-state index in [2.05, 4.69) is 55.7 Å². The quantitative estimate of drug-likeness (QED) is 0.666. The molecular weight excluding hydrogens is 366 g/mol. The molecule has 7 heteroatoms. The van der Waals surface area contributed by atoms with E-state index in [1.54, 1.807) is 24.5 Å². The van der Waals surface area contributed by atoms with E-state index in [4.69, 9.17) is 4.52 Å². The molecule has 1 saturated heterocycles. The normalized spacial score (nSPS) is 15.3. The summed E-state index contributed by atoms with van der Waals surface area (Å²) in [6.45, 7) is 3.85. The molecule has 0 atom stereocenters. The number of nitrogens with zero attached hydrogens (tertiary/aromatic N) is 4. The molecule has 0 unspecified atom stereocenters. The van der Waals surface area contributed by atoms with Crippen LogP contribution in [-0.4, -0.2) is 45.6 Å². The zero-order chi connectivity index (χ0) is 19.9. The fourth-order valence-electron chi connectivity index (χ4n) is 3.67. The van der Waals surface area contributed by atoms with Gasteiger partial charge in [-0.25, -0.2) is 0 Å². The Hall–Kier alpha value is -3.06. The maximum atomic E-state index is 12.3. The Labute approximate surface area is 170 Å². The zero-order valence-electron chi connectivity index (χ0n) is 16.3. The van der Waals surface area contributed by atoms with Gasteiger partial charge in [-0.15, -0.1) is 0 Å². The number of benzene rings is 1. The molecule has 1 N–H and O–H groups in total. The van der Waals surface area contributed by atoms with Gasteiger partial charge in [0.2, 0.25) is 0 Å². The number of hydrogen-bond acceptors (Lipinski definition) is 6. The van der Waals surface area contributed by atoms with Crippen molar-refractivity contribution in [2.24, 2.45) is 5.92 Å². The van der Waals surface area contributed by atoms with Crippen molar-refractivity contribution in [2.45, 2.75) is 25.8 Å². The van der Waals surface area contributed by atoms with Gasteiger partial charge in [-0.1, -0.05) is 35.5 Å². The molecule has 7 nitrogen and oxygen atoms in total. The maximum Gasteiger partial charge on any atom is 0.292 e. The highest BCUT2D eigenvalue weighted by molar-refractivity contribution is 5.90. The van der Waals surface area contributed by atoms with Crippen LogP contribution in [0.25, 0.3) is 11.5 Å². The molecule has 0 spiro atoms. The van der Waals surface area contributed by atoms with Gasteiger partial charge >= 0.3 is 0 Å². The molecule has 29 heavy (non-hydrogen) atoms. The first-order valence-electron chi connectivity index (χ1n) is 10.1. The van der Waals surface area contributed by atoms with Gasteiger partial charge in [-0.3, -0.25) is 14.7 Å². The topological polar surface area (TPSA) is 84.2 Å². The largest absolute Gasteiger partial charge is 0.349 e. The molecule has 1 aliphatic rings. The fraction of sp³-hybridized carbons (Fsp3) is 0.364. The molecule has 3 heterocycles. The number of carbonyl (C=O) groups excluding carboxylic acids is 1. The summed E-state index contributed by atoms with van der Waals surface area (Å²) in [5.41, 5.74) is 2.11. The fourth-order valence-corrected chi connectivity index (χ4v) is 3.67. The van der Waals surface area contributed by atoms with Gasteiger partial charge in [-0.2, -0.15) is 4.98 Å². The number of nitrogens with one attached hydrogen (secondary N) is 1. The van der Waals surface area contributed by atoms with Gasteiger partial charge in [0.1, 0.15) is 0 Å². The molecular formula is C22H25N5O2. The second-order valence-corrected chi connectivity index (χ2v) is 7.41. The molecule has 0 saturated carbocycles. The van der Waals surface area contributed by atoms with Gasteiger partial charge in [-0.05, 0) is 56.0 Å². The molecule has 1 fully saturated rings. The van der Waals surface area contributed by atoms with Crippen LogP contribution in [0.5, 0.6) is 0 Å². The minimum atomic E-state index is -0.296. The van der Waals surface area contributed by atoms with Crippen molar-refractivity contribution in [3.05, 3.63) is 66.2 Å². The van der Waals surface area contributed by atoms with Crippen LogP contribution >= 0.6 is 0 Å². The van der Waals surface area contributed by atoms with Crippen molar-refractivity contribution in [2.75, 3.05) is 19.6 Å². The van der Waals surface area contributed by atoms with Crippen LogP contribution in [0.4, 0.5) is 0 Å². The first-order chi connectivity index (χ1) is 14.3. The van der Waals surface area contributed by atoms with Crippen molar-refractivity contribution in [1.82, 2.24) is 25.3 Å². The van der Waals surface area contributed by atoms with Crippen LogP contribution in [-0.2, 0) is 6.54 Å². The van der Waals surface area contributed by atoms with Crippen molar-refractivity contribution >= 4 is 5.91 Å². The smallest absolute Gasteiger partial charge is 0.292 e. The van der Waals surface area contributed by atoms with Crippen molar-refractivity contribution in [3.8, 4) is 11.5 Å². The molecule has 3 aromatic rings. The summed E-state index contributed by atoms with van der Waals surface area (Å²) in [4.78, 5) is 22.9. The van der Waals surface area contributed by atoms with Crippen LogP contribution in [0.2, 0.25) is 0 Å². The summed E-state index contributed by atoms with van der Waals surface area (Å²) in [6.07, 6.45) is 6.59. The average Bonchev–Trinajstić information content (AvgIpc) is 3.27. The van der Waals surface area contributed by atoms with E-state index in [0.717, 1.165) is 44.5 Å². The summed E-state index contributed by atoms with van der Waals surface area (Å²) in [5, 5.41) is 6.69. The molecule has 4 rings (SSSR count). The van der Waals surface area contributed by atoms with Crippen LogP contribution in [0, 0.1) is 5.92 Å². The van der Waals surface area contributed by atoms with Gasteiger partial charge in [0.05, 0.1) is 0 Å². The maximum absolute atomic E-state index is 12.3. The van der Waals surface area contributed by atoms with E-state index in [1.807, 2.05) is 0 Å². The zero-order valence-corrected chi connectivity index (χ0v) is 16.3. The van der Waals surface area contributed by atoms with Crippen molar-refractivity contribution in [1.29, 1.82) is 0 Å². The van der Waals surface area contributed by atoms with Gasteiger partial charge in [0.15, 0.2) is 0 Å². The molecule has 1 aromatic carbocycles. The summed E-state index contributed by atoms with van der Waals surface area (Å²) in [7, 11) is 0. The van der Waals surface area contributed by atoms with Crippen LogP contribution < -0.4 is 5.32 Å². The lowest BCUT2D eigenvalue weighted by molar-refractivity contribution is 0.0934. The second-order valence-electron chi connectivity index (χ2n) is 7.41. The number of rotatable bonds is 7. The minimum absolute atomic E-state index is 0.0643. The van der Waals surface area contributed by atoms with Crippen LogP contribution in [0.15, 0.2) is 59.4 Å². The summed E-state index contributed by atoms with van der Waals surface area (Å²) < 4.78 is 5.17. The average molecular weight is 391 g/mol. The third-order valence-corrected chi connectivity index (χ3v) is 5.35. The predicted molar refractivity (Wildman–Crippen MR) is 109 cm³/mol. The van der Waals surface area contributed by atoms with E-state index < -0.39 is 0 Å². The standard InChI is InChI=1S/C22H25N5O2/c28-21(20-25-22(29-26-20)19-7-11-23-12-8-19)24-13-6-17-9-14-27(15-10-17)16-18-4-2-1-3-5-18/h1-5,7-8,11-12,17H,6,9-10,13-16H2,(H,24,28). The first kappa shape index (κ1) is 19.3. The molecule has 2 aromatic heterocycles. The molecule has 0 radical (unpaired) electrons. The molecule has 0 bridgehead atoms. The first-order valence-corrected chi connectivity index (χ1v) is 10.1. The molecule has 0 aliphatic carbocycles. The molecule has 150 valence electrons.